The topological polar surface area (TPSA) is 147 Å². The number of aliphatic carboxylic acids is 1. The average Bonchev–Trinajstić information content (AvgIpc) is 3.57. The predicted molar refractivity (Wildman–Crippen MR) is 159 cm³/mol. The van der Waals surface area contributed by atoms with Gasteiger partial charge in [-0.05, 0) is 62.8 Å². The van der Waals surface area contributed by atoms with Gasteiger partial charge in [-0.25, -0.2) is 14.8 Å². The smallest absolute Gasteiger partial charge is 0.326 e. The molecular weight excluding hydrogens is 548 g/mol. The number of nitrogens with zero attached hydrogens (tertiary/aromatic N) is 5. The summed E-state index contributed by atoms with van der Waals surface area (Å²) in [4.78, 5) is 62.3. The number of rotatable bonds is 9. The molecule has 11 heteroatoms. The highest BCUT2D eigenvalue weighted by Gasteiger charge is 2.54. The molecule has 224 valence electrons. The Morgan fingerprint density at radius 1 is 1.14 bits per heavy atom. The number of aromatic nitrogens is 4. The van der Waals surface area contributed by atoms with Gasteiger partial charge in [0.15, 0.2) is 5.78 Å². The summed E-state index contributed by atoms with van der Waals surface area (Å²) in [7, 11) is 0. The standard InChI is InChI=1S/C32H36N6O5/c1-17(2)10-24(31(42)43)35-30(41)25-13-32(6)9-7-8-26(32)38(25)27(40)16-37-29-18(3)11-21(22-14-33-20(5)34-15-22)12-23(29)28(36-37)19(4)39/h11-12,14-15,17,24-26H,8,10,13,16H2,1-6H3,(H,35,41)(H,42,43)/t24-,25-,26+,32+/m0/s1. The van der Waals surface area contributed by atoms with Gasteiger partial charge < -0.3 is 15.3 Å². The van der Waals surface area contributed by atoms with E-state index in [9.17, 15) is 24.3 Å². The van der Waals surface area contributed by atoms with Crippen LogP contribution in [0.1, 0.15) is 68.8 Å². The number of nitrogens with one attached hydrogen (secondary N) is 1. The fourth-order valence-corrected chi connectivity index (χ4v) is 6.32. The lowest BCUT2D eigenvalue weighted by Gasteiger charge is -2.31. The molecule has 0 saturated carbocycles. The van der Waals surface area contributed by atoms with Gasteiger partial charge in [-0.2, -0.15) is 5.10 Å². The largest absolute Gasteiger partial charge is 0.480 e. The van der Waals surface area contributed by atoms with Crippen LogP contribution in [-0.4, -0.2) is 71.4 Å². The van der Waals surface area contributed by atoms with Gasteiger partial charge in [-0.1, -0.05) is 19.8 Å². The molecule has 3 heterocycles. The molecule has 43 heavy (non-hydrogen) atoms. The van der Waals surface area contributed by atoms with Crippen LogP contribution in [0.3, 0.4) is 0 Å². The summed E-state index contributed by atoms with van der Waals surface area (Å²) in [6, 6.07) is 1.50. The summed E-state index contributed by atoms with van der Waals surface area (Å²) in [5.41, 5.74) is 2.71. The first-order valence-electron chi connectivity index (χ1n) is 14.4. The predicted octanol–water partition coefficient (Wildman–Crippen LogP) is 3.31. The van der Waals surface area contributed by atoms with E-state index in [1.54, 1.807) is 24.2 Å². The van der Waals surface area contributed by atoms with Gasteiger partial charge in [0.25, 0.3) is 0 Å². The average molecular weight is 585 g/mol. The van der Waals surface area contributed by atoms with Gasteiger partial charge in [0, 0.05) is 36.7 Å². The summed E-state index contributed by atoms with van der Waals surface area (Å²) in [6.45, 7) is 10.6. The molecule has 0 spiro atoms. The number of hydrogen-bond donors (Lipinski definition) is 2. The molecule has 1 aliphatic heterocycles. The number of hydrogen-bond acceptors (Lipinski definition) is 7. The molecular formula is C32H36N6O5. The second-order valence-corrected chi connectivity index (χ2v) is 12.3. The summed E-state index contributed by atoms with van der Waals surface area (Å²) in [5.74, 6) is 4.78. The van der Waals surface area contributed by atoms with Crippen molar-refractivity contribution < 1.29 is 24.3 Å². The highest BCUT2D eigenvalue weighted by atomic mass is 16.4. The number of carbonyl (C=O) groups excluding carboxylic acids is 3. The molecule has 2 aliphatic rings. The van der Waals surface area contributed by atoms with Crippen LogP contribution in [0.4, 0.5) is 0 Å². The fraction of sp³-hybridized carbons (Fsp3) is 0.469. The summed E-state index contributed by atoms with van der Waals surface area (Å²) in [6.07, 6.45) is 4.43. The monoisotopic (exact) mass is 584 g/mol. The minimum absolute atomic E-state index is 0.0522. The maximum atomic E-state index is 14.1. The number of aryl methyl sites for hydroxylation is 2. The Hall–Kier alpha value is -4.59. The van der Waals surface area contributed by atoms with E-state index < -0.39 is 29.4 Å². The van der Waals surface area contributed by atoms with Gasteiger partial charge >= 0.3 is 5.97 Å². The van der Waals surface area contributed by atoms with Crippen molar-refractivity contribution >= 4 is 34.5 Å². The third-order valence-corrected chi connectivity index (χ3v) is 8.37. The molecule has 5 rings (SSSR count). The summed E-state index contributed by atoms with van der Waals surface area (Å²) < 4.78 is 1.53. The van der Waals surface area contributed by atoms with Crippen LogP contribution < -0.4 is 5.32 Å². The van der Waals surface area contributed by atoms with Crippen molar-refractivity contribution in [2.75, 3.05) is 0 Å². The van der Waals surface area contributed by atoms with E-state index in [4.69, 9.17) is 0 Å². The van der Waals surface area contributed by atoms with E-state index in [0.717, 1.165) is 16.7 Å². The quantitative estimate of drug-likeness (QED) is 0.288. The van der Waals surface area contributed by atoms with Crippen molar-refractivity contribution in [2.24, 2.45) is 11.3 Å². The molecule has 1 saturated heterocycles. The van der Waals surface area contributed by atoms with Gasteiger partial charge in [-0.3, -0.25) is 19.1 Å². The number of likely N-dealkylation sites (tertiary alicyclic amines) is 1. The zero-order valence-electron chi connectivity index (χ0n) is 25.3. The minimum atomic E-state index is -1.11. The number of carbonyl (C=O) groups is 4. The molecule has 2 aromatic heterocycles. The van der Waals surface area contributed by atoms with Crippen LogP contribution in [0, 0.1) is 37.0 Å². The molecule has 2 N–H and O–H groups in total. The van der Waals surface area contributed by atoms with E-state index in [-0.39, 0.29) is 42.3 Å². The van der Waals surface area contributed by atoms with Crippen molar-refractivity contribution in [3.63, 3.8) is 0 Å². The van der Waals surface area contributed by atoms with Gasteiger partial charge in [-0.15, -0.1) is 5.92 Å². The Morgan fingerprint density at radius 3 is 2.47 bits per heavy atom. The van der Waals surface area contributed by atoms with Crippen LogP contribution in [0.15, 0.2) is 24.5 Å². The fourth-order valence-electron chi connectivity index (χ4n) is 6.32. The van der Waals surface area contributed by atoms with Gasteiger partial charge in [0.1, 0.15) is 30.1 Å². The second-order valence-electron chi connectivity index (χ2n) is 12.3. The molecule has 11 nitrogen and oxygen atoms in total. The van der Waals surface area contributed by atoms with Crippen LogP contribution >= 0.6 is 0 Å². The molecule has 1 aliphatic carbocycles. The minimum Gasteiger partial charge on any atom is -0.480 e. The lowest BCUT2D eigenvalue weighted by Crippen LogP contribution is -2.53. The molecule has 1 fully saturated rings. The number of Topliss-reactive ketones (excluding diaryl/α,β-unsaturated/α-hetero) is 1. The Bertz CT molecular complexity index is 1700. The van der Waals surface area contributed by atoms with Crippen molar-refractivity contribution in [3.05, 3.63) is 41.6 Å². The van der Waals surface area contributed by atoms with Crippen LogP contribution in [0.5, 0.6) is 0 Å². The highest BCUT2D eigenvalue weighted by Crippen LogP contribution is 2.45. The first-order valence-corrected chi connectivity index (χ1v) is 14.4. The molecule has 3 aromatic rings. The van der Waals surface area contributed by atoms with Gasteiger partial charge in [0.05, 0.1) is 17.0 Å². The number of amides is 2. The Morgan fingerprint density at radius 2 is 1.84 bits per heavy atom. The lowest BCUT2D eigenvalue weighted by molar-refractivity contribution is -0.145. The molecule has 4 atom stereocenters. The molecule has 0 radical (unpaired) electrons. The van der Waals surface area contributed by atoms with E-state index in [1.807, 2.05) is 39.8 Å². The normalized spacial score (nSPS) is 21.4. The number of fused-ring (bicyclic) bond motifs is 2. The first kappa shape index (κ1) is 29.9. The molecule has 1 aromatic carbocycles. The summed E-state index contributed by atoms with van der Waals surface area (Å²) >= 11 is 0. The third-order valence-electron chi connectivity index (χ3n) is 8.37. The first-order chi connectivity index (χ1) is 20.3. The Balaban J connectivity index is 1.49. The highest BCUT2D eigenvalue weighted by molar-refractivity contribution is 6.07. The van der Waals surface area contributed by atoms with Crippen molar-refractivity contribution in [2.45, 2.75) is 85.5 Å². The molecule has 2 amide bonds. The third kappa shape index (κ3) is 5.61. The number of carboxylic acids is 1. The van der Waals surface area contributed by atoms with Crippen molar-refractivity contribution in [1.82, 2.24) is 30.0 Å². The lowest BCUT2D eigenvalue weighted by atomic mass is 9.84. The van der Waals surface area contributed by atoms with E-state index in [1.165, 1.54) is 11.6 Å². The van der Waals surface area contributed by atoms with E-state index in [0.29, 0.717) is 29.6 Å². The maximum absolute atomic E-state index is 14.1. The van der Waals surface area contributed by atoms with Crippen LogP contribution in [0.2, 0.25) is 0 Å². The second kappa shape index (κ2) is 11.2. The Kier molecular flexibility index (Phi) is 7.82. The number of carboxylic acid groups (broad SMARTS) is 1. The van der Waals surface area contributed by atoms with Crippen molar-refractivity contribution in [1.29, 1.82) is 0 Å². The molecule has 0 unspecified atom stereocenters. The number of ketones is 1. The van der Waals surface area contributed by atoms with Crippen LogP contribution in [0.25, 0.3) is 22.0 Å². The van der Waals surface area contributed by atoms with Gasteiger partial charge in [0.2, 0.25) is 11.8 Å². The SMILES string of the molecule is CC(=O)c1nn(CC(=O)N2[C@H](C(=O)N[C@@H](CC(C)C)C(=O)O)C[C@@]3(C)C#CC[C@@H]23)c2c(C)cc(-c3cnc(C)nc3)cc12. The number of benzene rings is 1. The zero-order chi connectivity index (χ0) is 31.2. The van der Waals surface area contributed by atoms with Crippen LogP contribution in [-0.2, 0) is 20.9 Å². The Labute approximate surface area is 250 Å². The summed E-state index contributed by atoms with van der Waals surface area (Å²) in [5, 5.41) is 17.6. The maximum Gasteiger partial charge on any atom is 0.326 e. The molecule has 0 bridgehead atoms. The van der Waals surface area contributed by atoms with E-state index >= 15 is 0 Å². The van der Waals surface area contributed by atoms with Crippen molar-refractivity contribution in [3.8, 4) is 23.0 Å². The van der Waals surface area contributed by atoms with E-state index in [2.05, 4.69) is 32.2 Å². The zero-order valence-corrected chi connectivity index (χ0v) is 25.3.